The molecule has 0 aliphatic carbocycles. The topological polar surface area (TPSA) is 59.4 Å². The van der Waals surface area contributed by atoms with E-state index in [1.54, 1.807) is 0 Å². The van der Waals surface area contributed by atoms with Gasteiger partial charge in [-0.1, -0.05) is 30.3 Å². The Bertz CT molecular complexity index is 982. The van der Waals surface area contributed by atoms with Crippen molar-refractivity contribution in [2.75, 3.05) is 0 Å². The van der Waals surface area contributed by atoms with Gasteiger partial charge in [0.2, 0.25) is 0 Å². The molecule has 0 radical (unpaired) electrons. The van der Waals surface area contributed by atoms with E-state index >= 15 is 0 Å². The number of nitrogens with one attached hydrogen (secondary N) is 1. The monoisotopic (exact) mass is 353 g/mol. The number of aromatic nitrogens is 5. The molecule has 1 aromatic carbocycles. The molecule has 0 aliphatic heterocycles. The van der Waals surface area contributed by atoms with E-state index in [-0.39, 0.29) is 17.9 Å². The molecule has 128 valence electrons. The molecule has 1 N–H and O–H groups in total. The average molecular weight is 354 g/mol. The largest absolute Gasteiger partial charge is 0.303 e. The van der Waals surface area contributed by atoms with Gasteiger partial charge in [-0.3, -0.25) is 5.10 Å². The highest BCUT2D eigenvalue weighted by atomic mass is 35.5. The second kappa shape index (κ2) is 6.33. The summed E-state index contributed by atoms with van der Waals surface area (Å²) in [7, 11) is 0. The number of hydrogen-bond acceptors (Lipinski definition) is 3. The summed E-state index contributed by atoms with van der Waals surface area (Å²) in [5, 5.41) is 6.93. The SMILES string of the molecule is CC(C)(C)n1c(-c2ccccc2)nc2c(-c3cn[nH]c3)ccnc21.Cl. The van der Waals surface area contributed by atoms with Crippen LogP contribution in [0.1, 0.15) is 20.8 Å². The van der Waals surface area contributed by atoms with Crippen LogP contribution in [0.25, 0.3) is 33.7 Å². The first-order valence-electron chi connectivity index (χ1n) is 7.98. The van der Waals surface area contributed by atoms with Gasteiger partial charge in [-0.15, -0.1) is 12.4 Å². The quantitative estimate of drug-likeness (QED) is 0.570. The summed E-state index contributed by atoms with van der Waals surface area (Å²) in [6.45, 7) is 6.52. The zero-order valence-electron chi connectivity index (χ0n) is 14.4. The molecule has 0 unspecified atom stereocenters. The minimum Gasteiger partial charge on any atom is -0.303 e. The summed E-state index contributed by atoms with van der Waals surface area (Å²) in [4.78, 5) is 9.60. The van der Waals surface area contributed by atoms with Crippen LogP contribution >= 0.6 is 12.4 Å². The summed E-state index contributed by atoms with van der Waals surface area (Å²) in [6.07, 6.45) is 5.53. The molecule has 3 heterocycles. The molecule has 6 heteroatoms. The molecule has 25 heavy (non-hydrogen) atoms. The minimum atomic E-state index is -0.137. The predicted molar refractivity (Wildman–Crippen MR) is 103 cm³/mol. The number of benzene rings is 1. The van der Waals surface area contributed by atoms with Gasteiger partial charge in [0, 0.05) is 34.6 Å². The molecule has 0 aliphatic rings. The first-order valence-corrected chi connectivity index (χ1v) is 7.98. The molecular formula is C19H20ClN5. The number of pyridine rings is 1. The molecule has 0 amide bonds. The Labute approximate surface area is 152 Å². The molecular weight excluding hydrogens is 334 g/mol. The van der Waals surface area contributed by atoms with Crippen molar-refractivity contribution in [2.24, 2.45) is 0 Å². The van der Waals surface area contributed by atoms with E-state index in [2.05, 4.69) is 52.7 Å². The second-order valence-corrected chi connectivity index (χ2v) is 6.83. The molecule has 0 spiro atoms. The number of hydrogen-bond donors (Lipinski definition) is 1. The van der Waals surface area contributed by atoms with Crippen molar-refractivity contribution in [1.29, 1.82) is 0 Å². The molecule has 4 aromatic rings. The van der Waals surface area contributed by atoms with Crippen molar-refractivity contribution < 1.29 is 0 Å². The fourth-order valence-electron chi connectivity index (χ4n) is 3.02. The molecule has 0 bridgehead atoms. The Kier molecular flexibility index (Phi) is 4.35. The smallest absolute Gasteiger partial charge is 0.161 e. The van der Waals surface area contributed by atoms with Crippen LogP contribution in [0.2, 0.25) is 0 Å². The van der Waals surface area contributed by atoms with Crippen LogP contribution < -0.4 is 0 Å². The fourth-order valence-corrected chi connectivity index (χ4v) is 3.02. The van der Waals surface area contributed by atoms with Gasteiger partial charge >= 0.3 is 0 Å². The zero-order valence-corrected chi connectivity index (χ0v) is 15.2. The first-order chi connectivity index (χ1) is 11.6. The molecule has 5 nitrogen and oxygen atoms in total. The summed E-state index contributed by atoms with van der Waals surface area (Å²) in [5.74, 6) is 0.932. The lowest BCUT2D eigenvalue weighted by Gasteiger charge is -2.24. The Morgan fingerprint density at radius 1 is 1.00 bits per heavy atom. The van der Waals surface area contributed by atoms with Crippen LogP contribution in [0.15, 0.2) is 55.0 Å². The fraction of sp³-hybridized carbons (Fsp3) is 0.211. The van der Waals surface area contributed by atoms with Gasteiger partial charge in [0.15, 0.2) is 5.65 Å². The van der Waals surface area contributed by atoms with Crippen LogP contribution in [-0.2, 0) is 5.54 Å². The highest BCUT2D eigenvalue weighted by Gasteiger charge is 2.24. The van der Waals surface area contributed by atoms with Crippen molar-refractivity contribution in [3.63, 3.8) is 0 Å². The number of nitrogens with zero attached hydrogens (tertiary/aromatic N) is 4. The summed E-state index contributed by atoms with van der Waals surface area (Å²) >= 11 is 0. The molecule has 0 fully saturated rings. The Balaban J connectivity index is 0.00000182. The number of rotatable bonds is 2. The molecule has 4 rings (SSSR count). The Hall–Kier alpha value is -2.66. The lowest BCUT2D eigenvalue weighted by molar-refractivity contribution is 0.411. The van der Waals surface area contributed by atoms with Crippen molar-refractivity contribution in [3.05, 3.63) is 55.0 Å². The summed E-state index contributed by atoms with van der Waals surface area (Å²) in [6, 6.07) is 12.2. The van der Waals surface area contributed by atoms with E-state index in [1.807, 2.05) is 42.9 Å². The highest BCUT2D eigenvalue weighted by molar-refractivity contribution is 5.91. The minimum absolute atomic E-state index is 0. The molecule has 0 atom stereocenters. The van der Waals surface area contributed by atoms with Gasteiger partial charge in [-0.25, -0.2) is 9.97 Å². The van der Waals surface area contributed by atoms with Crippen LogP contribution in [0.5, 0.6) is 0 Å². The third-order valence-corrected chi connectivity index (χ3v) is 4.06. The van der Waals surface area contributed by atoms with E-state index in [9.17, 15) is 0 Å². The van der Waals surface area contributed by atoms with Gasteiger partial charge in [-0.05, 0) is 26.8 Å². The third-order valence-electron chi connectivity index (χ3n) is 4.06. The van der Waals surface area contributed by atoms with Crippen LogP contribution in [0, 0.1) is 0 Å². The van der Waals surface area contributed by atoms with E-state index in [4.69, 9.17) is 4.98 Å². The second-order valence-electron chi connectivity index (χ2n) is 6.83. The lowest BCUT2D eigenvalue weighted by atomic mass is 10.1. The van der Waals surface area contributed by atoms with Crippen LogP contribution in [-0.4, -0.2) is 24.7 Å². The maximum absolute atomic E-state index is 4.96. The standard InChI is InChI=1S/C19H19N5.ClH/c1-19(2,3)24-17(13-7-5-4-6-8-13)23-16-15(9-10-20-18(16)24)14-11-21-22-12-14;/h4-12H,1-3H3,(H,21,22);1H. The number of aromatic amines is 1. The summed E-state index contributed by atoms with van der Waals surface area (Å²) < 4.78 is 2.21. The van der Waals surface area contributed by atoms with E-state index < -0.39 is 0 Å². The number of H-pyrrole nitrogens is 1. The average Bonchev–Trinajstić information content (AvgIpc) is 3.22. The van der Waals surface area contributed by atoms with Crippen molar-refractivity contribution >= 4 is 23.6 Å². The third kappa shape index (κ3) is 2.91. The van der Waals surface area contributed by atoms with Crippen molar-refractivity contribution in [1.82, 2.24) is 24.7 Å². The van der Waals surface area contributed by atoms with Gasteiger partial charge in [-0.2, -0.15) is 5.10 Å². The zero-order chi connectivity index (χ0) is 16.7. The van der Waals surface area contributed by atoms with Gasteiger partial charge in [0.1, 0.15) is 11.3 Å². The molecule has 0 saturated heterocycles. The van der Waals surface area contributed by atoms with Crippen LogP contribution in [0.4, 0.5) is 0 Å². The van der Waals surface area contributed by atoms with Crippen molar-refractivity contribution in [2.45, 2.75) is 26.3 Å². The molecule has 0 saturated carbocycles. The van der Waals surface area contributed by atoms with Gasteiger partial charge < -0.3 is 4.57 Å². The van der Waals surface area contributed by atoms with E-state index in [0.717, 1.165) is 33.7 Å². The van der Waals surface area contributed by atoms with Crippen LogP contribution in [0.3, 0.4) is 0 Å². The van der Waals surface area contributed by atoms with E-state index in [0.29, 0.717) is 0 Å². The Morgan fingerprint density at radius 2 is 1.76 bits per heavy atom. The van der Waals surface area contributed by atoms with Gasteiger partial charge in [0.25, 0.3) is 0 Å². The number of fused-ring (bicyclic) bond motifs is 1. The van der Waals surface area contributed by atoms with Gasteiger partial charge in [0.05, 0.1) is 6.20 Å². The lowest BCUT2D eigenvalue weighted by Crippen LogP contribution is -2.23. The first kappa shape index (κ1) is 17.2. The predicted octanol–water partition coefficient (Wildman–Crippen LogP) is 4.67. The maximum atomic E-state index is 4.96. The Morgan fingerprint density at radius 3 is 2.40 bits per heavy atom. The normalized spacial score (nSPS) is 11.5. The van der Waals surface area contributed by atoms with Crippen molar-refractivity contribution in [3.8, 4) is 22.5 Å². The van der Waals surface area contributed by atoms with E-state index in [1.165, 1.54) is 0 Å². The number of halogens is 1. The molecule has 3 aromatic heterocycles. The number of imidazole rings is 1. The maximum Gasteiger partial charge on any atom is 0.161 e. The highest BCUT2D eigenvalue weighted by Crippen LogP contribution is 2.34. The summed E-state index contributed by atoms with van der Waals surface area (Å²) in [5.41, 5.74) is 4.79.